The number of hydrogen-bond donors (Lipinski definition) is 0. The van der Waals surface area contributed by atoms with Crippen molar-refractivity contribution in [3.05, 3.63) is 51.5 Å². The van der Waals surface area contributed by atoms with Gasteiger partial charge < -0.3 is 4.57 Å². The number of halogens is 2. The number of fused-ring (bicyclic) bond motifs is 1. The number of carbonyl (C=O) groups excluding carboxylic acids is 1. The number of imidazole rings is 1. The molecule has 1 aliphatic carbocycles. The molecule has 2 aromatic rings. The third kappa shape index (κ3) is 2.60. The Kier molecular flexibility index (Phi) is 3.81. The quantitative estimate of drug-likeness (QED) is 0.805. The monoisotopic (exact) mass is 308 g/mol. The fourth-order valence-electron chi connectivity index (χ4n) is 2.62. The molecule has 0 atom stereocenters. The van der Waals surface area contributed by atoms with Crippen LogP contribution in [0.4, 0.5) is 0 Å². The highest BCUT2D eigenvalue weighted by Gasteiger charge is 2.18. The first-order valence-corrected chi connectivity index (χ1v) is 7.42. The van der Waals surface area contributed by atoms with E-state index in [1.54, 1.807) is 24.5 Å². The zero-order valence-electron chi connectivity index (χ0n) is 10.9. The van der Waals surface area contributed by atoms with E-state index in [2.05, 4.69) is 4.98 Å². The van der Waals surface area contributed by atoms with Crippen molar-refractivity contribution in [3.8, 4) is 0 Å². The van der Waals surface area contributed by atoms with Crippen LogP contribution in [0.5, 0.6) is 0 Å². The zero-order valence-corrected chi connectivity index (χ0v) is 12.4. The fourth-order valence-corrected chi connectivity index (χ4v) is 3.01. The number of Topliss-reactive ketones (excluding diaryl/α,β-unsaturated/α-hetero) is 1. The minimum atomic E-state index is -0.0386. The highest BCUT2D eigenvalue weighted by atomic mass is 35.5. The molecule has 0 aliphatic heterocycles. The summed E-state index contributed by atoms with van der Waals surface area (Å²) in [5, 5.41) is 0.957. The van der Waals surface area contributed by atoms with Crippen LogP contribution in [0, 0.1) is 0 Å². The molecule has 104 valence electrons. The number of carbonyl (C=O) groups is 1. The minimum Gasteiger partial charge on any atom is -0.327 e. The van der Waals surface area contributed by atoms with E-state index in [1.807, 2.05) is 4.57 Å². The summed E-state index contributed by atoms with van der Waals surface area (Å²) in [6.45, 7) is 0.266. The van der Waals surface area contributed by atoms with E-state index in [9.17, 15) is 4.79 Å². The van der Waals surface area contributed by atoms with Crippen molar-refractivity contribution in [2.75, 3.05) is 0 Å². The van der Waals surface area contributed by atoms with Crippen molar-refractivity contribution < 1.29 is 4.79 Å². The third-order valence-electron chi connectivity index (χ3n) is 3.65. The summed E-state index contributed by atoms with van der Waals surface area (Å²) >= 11 is 12.0. The Morgan fingerprint density at radius 1 is 1.25 bits per heavy atom. The molecule has 0 radical (unpaired) electrons. The van der Waals surface area contributed by atoms with E-state index in [0.717, 1.165) is 25.0 Å². The number of rotatable bonds is 3. The highest BCUT2D eigenvalue weighted by Crippen LogP contribution is 2.23. The molecule has 0 saturated carbocycles. The van der Waals surface area contributed by atoms with Crippen LogP contribution in [0.15, 0.2) is 24.5 Å². The number of nitrogens with zero attached hydrogens (tertiary/aromatic N) is 2. The maximum atomic E-state index is 12.4. The molecule has 20 heavy (non-hydrogen) atoms. The maximum absolute atomic E-state index is 12.4. The lowest BCUT2D eigenvalue weighted by Crippen LogP contribution is -2.14. The highest BCUT2D eigenvalue weighted by molar-refractivity contribution is 6.35. The molecule has 0 N–H and O–H groups in total. The van der Waals surface area contributed by atoms with Crippen molar-refractivity contribution >= 4 is 29.0 Å². The largest absolute Gasteiger partial charge is 0.327 e. The molecule has 1 aromatic heterocycles. The van der Waals surface area contributed by atoms with Crippen LogP contribution >= 0.6 is 23.2 Å². The summed E-state index contributed by atoms with van der Waals surface area (Å²) in [7, 11) is 0. The van der Waals surface area contributed by atoms with E-state index in [1.165, 1.54) is 12.1 Å². The molecule has 1 aliphatic rings. The first-order chi connectivity index (χ1) is 9.65. The standard InChI is InChI=1S/C15H14Cl2N2O/c16-10-5-6-12(17)11(7-10)15(20)8-19-9-18-13-3-1-2-4-14(13)19/h5-7,9H,1-4,8H2. The predicted octanol–water partition coefficient (Wildman–Crippen LogP) is 3.95. The van der Waals surface area contributed by atoms with Gasteiger partial charge in [-0.2, -0.15) is 0 Å². The van der Waals surface area contributed by atoms with Gasteiger partial charge in [0.25, 0.3) is 0 Å². The second-order valence-electron chi connectivity index (χ2n) is 5.02. The Morgan fingerprint density at radius 3 is 2.90 bits per heavy atom. The van der Waals surface area contributed by atoms with Crippen LogP contribution in [0.25, 0.3) is 0 Å². The van der Waals surface area contributed by atoms with E-state index >= 15 is 0 Å². The molecule has 0 amide bonds. The number of aromatic nitrogens is 2. The van der Waals surface area contributed by atoms with E-state index in [-0.39, 0.29) is 12.3 Å². The van der Waals surface area contributed by atoms with Gasteiger partial charge in [-0.1, -0.05) is 23.2 Å². The van der Waals surface area contributed by atoms with Crippen molar-refractivity contribution in [3.63, 3.8) is 0 Å². The number of benzene rings is 1. The van der Waals surface area contributed by atoms with E-state index < -0.39 is 0 Å². The van der Waals surface area contributed by atoms with Gasteiger partial charge in [0.05, 0.1) is 23.6 Å². The normalized spacial score (nSPS) is 14.1. The molecule has 3 nitrogen and oxygen atoms in total. The molecule has 0 spiro atoms. The summed E-state index contributed by atoms with van der Waals surface area (Å²) in [4.78, 5) is 16.8. The molecule has 1 aromatic carbocycles. The number of aryl methyl sites for hydroxylation is 1. The topological polar surface area (TPSA) is 34.9 Å². The maximum Gasteiger partial charge on any atom is 0.184 e. The Balaban J connectivity index is 1.86. The Labute approximate surface area is 127 Å². The minimum absolute atomic E-state index is 0.0386. The van der Waals surface area contributed by atoms with Crippen molar-refractivity contribution in [1.82, 2.24) is 9.55 Å². The molecule has 0 fully saturated rings. The number of hydrogen-bond acceptors (Lipinski definition) is 2. The SMILES string of the molecule is O=C(Cn1cnc2c1CCCC2)c1cc(Cl)ccc1Cl. The second kappa shape index (κ2) is 5.58. The smallest absolute Gasteiger partial charge is 0.184 e. The molecule has 1 heterocycles. The summed E-state index contributed by atoms with van der Waals surface area (Å²) < 4.78 is 1.94. The van der Waals surface area contributed by atoms with Gasteiger partial charge in [-0.3, -0.25) is 4.79 Å². The van der Waals surface area contributed by atoms with E-state index in [0.29, 0.717) is 15.6 Å². The second-order valence-corrected chi connectivity index (χ2v) is 5.86. The summed E-state index contributed by atoms with van der Waals surface area (Å²) in [6, 6.07) is 4.95. The average molecular weight is 309 g/mol. The first-order valence-electron chi connectivity index (χ1n) is 6.66. The molecule has 0 bridgehead atoms. The average Bonchev–Trinajstić information content (AvgIpc) is 2.85. The van der Waals surface area contributed by atoms with Crippen LogP contribution in [-0.4, -0.2) is 15.3 Å². The number of ketones is 1. The van der Waals surface area contributed by atoms with Gasteiger partial charge in [0.1, 0.15) is 0 Å². The molecular weight excluding hydrogens is 295 g/mol. The summed E-state index contributed by atoms with van der Waals surface area (Å²) in [5.41, 5.74) is 2.78. The summed E-state index contributed by atoms with van der Waals surface area (Å²) in [5.74, 6) is -0.0386. The molecule has 5 heteroatoms. The molecular formula is C15H14Cl2N2O. The summed E-state index contributed by atoms with van der Waals surface area (Å²) in [6.07, 6.45) is 6.09. The molecule has 0 saturated heterocycles. The first kappa shape index (κ1) is 13.7. The molecule has 0 unspecified atom stereocenters. The third-order valence-corrected chi connectivity index (χ3v) is 4.22. The van der Waals surface area contributed by atoms with Gasteiger partial charge in [-0.15, -0.1) is 0 Å². The lowest BCUT2D eigenvalue weighted by Gasteiger charge is -2.13. The van der Waals surface area contributed by atoms with Crippen molar-refractivity contribution in [2.45, 2.75) is 32.2 Å². The van der Waals surface area contributed by atoms with Crippen LogP contribution in [0.3, 0.4) is 0 Å². The fraction of sp³-hybridized carbons (Fsp3) is 0.333. The van der Waals surface area contributed by atoms with Crippen molar-refractivity contribution in [2.24, 2.45) is 0 Å². The van der Waals surface area contributed by atoms with Crippen LogP contribution in [0.1, 0.15) is 34.6 Å². The Bertz CT molecular complexity index is 664. The van der Waals surface area contributed by atoms with Gasteiger partial charge in [-0.25, -0.2) is 4.98 Å². The lowest BCUT2D eigenvalue weighted by atomic mass is 10.0. The van der Waals surface area contributed by atoms with Crippen LogP contribution in [-0.2, 0) is 19.4 Å². The predicted molar refractivity (Wildman–Crippen MR) is 79.7 cm³/mol. The van der Waals surface area contributed by atoms with Crippen LogP contribution in [0.2, 0.25) is 10.0 Å². The van der Waals surface area contributed by atoms with Crippen LogP contribution < -0.4 is 0 Å². The van der Waals surface area contributed by atoms with Gasteiger partial charge in [0, 0.05) is 16.3 Å². The Hall–Kier alpha value is -1.32. The lowest BCUT2D eigenvalue weighted by molar-refractivity contribution is 0.0971. The van der Waals surface area contributed by atoms with E-state index in [4.69, 9.17) is 23.2 Å². The van der Waals surface area contributed by atoms with Gasteiger partial charge in [0.2, 0.25) is 0 Å². The van der Waals surface area contributed by atoms with Crippen molar-refractivity contribution in [1.29, 1.82) is 0 Å². The van der Waals surface area contributed by atoms with Gasteiger partial charge in [-0.05, 0) is 43.9 Å². The van der Waals surface area contributed by atoms with Gasteiger partial charge >= 0.3 is 0 Å². The Morgan fingerprint density at radius 2 is 2.05 bits per heavy atom. The molecule has 3 rings (SSSR count). The zero-order chi connectivity index (χ0) is 14.1. The van der Waals surface area contributed by atoms with Gasteiger partial charge in [0.15, 0.2) is 5.78 Å².